The van der Waals surface area contributed by atoms with Gasteiger partial charge in [0.15, 0.2) is 0 Å². The van der Waals surface area contributed by atoms with Crippen molar-refractivity contribution in [1.29, 1.82) is 5.26 Å². The van der Waals surface area contributed by atoms with Crippen LogP contribution in [0.4, 0.5) is 5.69 Å². The summed E-state index contributed by atoms with van der Waals surface area (Å²) in [5, 5.41) is 23.9. The van der Waals surface area contributed by atoms with Crippen LogP contribution in [0, 0.1) is 11.3 Å². The van der Waals surface area contributed by atoms with Gasteiger partial charge in [0.25, 0.3) is 5.91 Å². The van der Waals surface area contributed by atoms with Gasteiger partial charge in [-0.2, -0.15) is 5.26 Å². The van der Waals surface area contributed by atoms with E-state index in [1.807, 2.05) is 0 Å². The van der Waals surface area contributed by atoms with Crippen molar-refractivity contribution < 1.29 is 29.0 Å². The minimum absolute atomic E-state index is 0.108. The lowest BCUT2D eigenvalue weighted by molar-refractivity contribution is -0.117. The second-order valence-electron chi connectivity index (χ2n) is 6.23. The Hall–Kier alpha value is -4.32. The molecule has 31 heavy (non-hydrogen) atoms. The number of hydrogen-bond acceptors (Lipinski definition) is 8. The molecule has 0 bridgehead atoms. The fourth-order valence-corrected chi connectivity index (χ4v) is 2.57. The van der Waals surface area contributed by atoms with Crippen molar-refractivity contribution in [1.82, 2.24) is 5.32 Å². The Labute approximate surface area is 178 Å². The summed E-state index contributed by atoms with van der Waals surface area (Å²) in [5.74, 6) is -1.74. The smallest absolute Gasteiger partial charge is 0.339 e. The number of nitrogens with one attached hydrogen (secondary N) is 2. The molecule has 0 unspecified atom stereocenters. The van der Waals surface area contributed by atoms with E-state index in [-0.39, 0.29) is 34.7 Å². The van der Waals surface area contributed by atoms with Gasteiger partial charge in [-0.05, 0) is 42.3 Å². The second-order valence-corrected chi connectivity index (χ2v) is 6.23. The predicted octanol–water partition coefficient (Wildman–Crippen LogP) is 2.14. The topological polar surface area (TPSA) is 138 Å². The third-order valence-corrected chi connectivity index (χ3v) is 4.22. The Balaban J connectivity index is 2.12. The van der Waals surface area contributed by atoms with Crippen LogP contribution in [0.2, 0.25) is 0 Å². The molecule has 0 aromatic heterocycles. The van der Waals surface area contributed by atoms with E-state index >= 15 is 0 Å². The monoisotopic (exact) mass is 423 g/mol. The van der Waals surface area contributed by atoms with E-state index in [0.29, 0.717) is 6.42 Å². The zero-order chi connectivity index (χ0) is 22.8. The van der Waals surface area contributed by atoms with Crippen molar-refractivity contribution in [3.8, 4) is 11.8 Å². The standard InChI is InChI=1S/C22H21N3O6/c1-30-21(28)15-5-8-18(22(29)31-2)19(11-15)25-13-16(12-23)20(27)24-10-9-14-3-6-17(26)7-4-14/h3-8,11,13,25-26H,9-10H2,1-2H3,(H,24,27)/b16-13-. The minimum Gasteiger partial charge on any atom is -0.508 e. The van der Waals surface area contributed by atoms with Crippen LogP contribution < -0.4 is 10.6 Å². The number of anilines is 1. The highest BCUT2D eigenvalue weighted by molar-refractivity contribution is 6.00. The summed E-state index contributed by atoms with van der Waals surface area (Å²) in [6, 6.07) is 12.5. The molecule has 0 saturated carbocycles. The third kappa shape index (κ3) is 6.33. The molecule has 9 nitrogen and oxygen atoms in total. The van der Waals surface area contributed by atoms with E-state index in [9.17, 15) is 24.8 Å². The van der Waals surface area contributed by atoms with Gasteiger partial charge in [-0.1, -0.05) is 12.1 Å². The van der Waals surface area contributed by atoms with Crippen molar-refractivity contribution in [2.24, 2.45) is 0 Å². The van der Waals surface area contributed by atoms with Gasteiger partial charge in [0.2, 0.25) is 0 Å². The molecule has 0 atom stereocenters. The first-order chi connectivity index (χ1) is 14.9. The lowest BCUT2D eigenvalue weighted by Crippen LogP contribution is -2.27. The average molecular weight is 423 g/mol. The fraction of sp³-hybridized carbons (Fsp3) is 0.182. The van der Waals surface area contributed by atoms with Crippen LogP contribution in [0.15, 0.2) is 54.2 Å². The first kappa shape index (κ1) is 23.0. The molecule has 3 N–H and O–H groups in total. The van der Waals surface area contributed by atoms with Crippen molar-refractivity contribution in [2.75, 3.05) is 26.1 Å². The SMILES string of the molecule is COC(=O)c1ccc(C(=O)OC)c(N/C=C(/C#N)C(=O)NCCc2ccc(O)cc2)c1. The molecular weight excluding hydrogens is 402 g/mol. The minimum atomic E-state index is -0.663. The van der Waals surface area contributed by atoms with Gasteiger partial charge in [-0.3, -0.25) is 4.79 Å². The number of nitriles is 1. The van der Waals surface area contributed by atoms with Crippen LogP contribution in [-0.2, 0) is 20.7 Å². The maximum absolute atomic E-state index is 12.3. The first-order valence-corrected chi connectivity index (χ1v) is 9.13. The highest BCUT2D eigenvalue weighted by Gasteiger charge is 2.16. The number of carbonyl (C=O) groups is 3. The van der Waals surface area contributed by atoms with E-state index in [1.54, 1.807) is 30.3 Å². The van der Waals surface area contributed by atoms with E-state index in [4.69, 9.17) is 4.74 Å². The molecule has 2 rings (SSSR count). The number of esters is 2. The van der Waals surface area contributed by atoms with Gasteiger partial charge < -0.3 is 25.2 Å². The largest absolute Gasteiger partial charge is 0.508 e. The molecule has 2 aromatic carbocycles. The van der Waals surface area contributed by atoms with Crippen molar-refractivity contribution in [3.05, 3.63) is 70.9 Å². The number of phenolic OH excluding ortho intramolecular Hbond substituents is 1. The molecule has 1 amide bonds. The quantitative estimate of drug-likeness (QED) is 0.334. The number of aromatic hydroxyl groups is 1. The Morgan fingerprint density at radius 2 is 1.74 bits per heavy atom. The van der Waals surface area contributed by atoms with Crippen molar-refractivity contribution >= 4 is 23.5 Å². The van der Waals surface area contributed by atoms with Crippen LogP contribution >= 0.6 is 0 Å². The van der Waals surface area contributed by atoms with Crippen molar-refractivity contribution in [2.45, 2.75) is 6.42 Å². The van der Waals surface area contributed by atoms with E-state index in [2.05, 4.69) is 15.4 Å². The summed E-state index contributed by atoms with van der Waals surface area (Å²) in [4.78, 5) is 36.0. The summed E-state index contributed by atoms with van der Waals surface area (Å²) in [6.07, 6.45) is 1.64. The molecule has 0 aliphatic carbocycles. The third-order valence-electron chi connectivity index (χ3n) is 4.22. The van der Waals surface area contributed by atoms with Gasteiger partial charge in [0.05, 0.1) is 31.0 Å². The zero-order valence-electron chi connectivity index (χ0n) is 17.0. The average Bonchev–Trinajstić information content (AvgIpc) is 2.79. The molecule has 0 aliphatic rings. The normalized spacial score (nSPS) is 10.5. The molecule has 0 aliphatic heterocycles. The number of hydrogen-bond donors (Lipinski definition) is 3. The van der Waals surface area contributed by atoms with Crippen molar-refractivity contribution in [3.63, 3.8) is 0 Å². The molecule has 0 spiro atoms. The maximum atomic E-state index is 12.3. The number of methoxy groups -OCH3 is 2. The van der Waals surface area contributed by atoms with Crippen LogP contribution in [0.5, 0.6) is 5.75 Å². The molecule has 2 aromatic rings. The number of phenols is 1. The highest BCUT2D eigenvalue weighted by Crippen LogP contribution is 2.20. The summed E-state index contributed by atoms with van der Waals surface area (Å²) >= 11 is 0. The van der Waals surface area contributed by atoms with Crippen LogP contribution in [0.25, 0.3) is 0 Å². The molecular formula is C22H21N3O6. The van der Waals surface area contributed by atoms with Crippen LogP contribution in [0.3, 0.4) is 0 Å². The molecule has 0 radical (unpaired) electrons. The molecule has 0 saturated heterocycles. The Bertz CT molecular complexity index is 1040. The summed E-state index contributed by atoms with van der Waals surface area (Å²) in [7, 11) is 2.43. The summed E-state index contributed by atoms with van der Waals surface area (Å²) in [6.45, 7) is 0.272. The molecule has 0 fully saturated rings. The van der Waals surface area contributed by atoms with Crippen LogP contribution in [0.1, 0.15) is 26.3 Å². The highest BCUT2D eigenvalue weighted by atomic mass is 16.5. The Morgan fingerprint density at radius 3 is 2.35 bits per heavy atom. The lowest BCUT2D eigenvalue weighted by Gasteiger charge is -2.10. The molecule has 0 heterocycles. The molecule has 160 valence electrons. The Morgan fingerprint density at radius 1 is 1.06 bits per heavy atom. The second kappa shape index (κ2) is 11.0. The predicted molar refractivity (Wildman–Crippen MR) is 111 cm³/mol. The number of amides is 1. The van der Waals surface area contributed by atoms with Gasteiger partial charge in [-0.15, -0.1) is 0 Å². The van der Waals surface area contributed by atoms with Gasteiger partial charge in [0, 0.05) is 12.7 Å². The number of ether oxygens (including phenoxy) is 2. The van der Waals surface area contributed by atoms with E-state index < -0.39 is 17.8 Å². The maximum Gasteiger partial charge on any atom is 0.339 e. The van der Waals surface area contributed by atoms with Gasteiger partial charge in [0.1, 0.15) is 17.4 Å². The van der Waals surface area contributed by atoms with Gasteiger partial charge >= 0.3 is 11.9 Å². The number of nitrogens with zero attached hydrogens (tertiary/aromatic N) is 1. The number of rotatable bonds is 8. The van der Waals surface area contributed by atoms with E-state index in [0.717, 1.165) is 11.8 Å². The van der Waals surface area contributed by atoms with Gasteiger partial charge in [-0.25, -0.2) is 9.59 Å². The zero-order valence-corrected chi connectivity index (χ0v) is 17.0. The number of carbonyl (C=O) groups excluding carboxylic acids is 3. The fourth-order valence-electron chi connectivity index (χ4n) is 2.57. The van der Waals surface area contributed by atoms with Crippen LogP contribution in [-0.4, -0.2) is 43.7 Å². The summed E-state index contributed by atoms with van der Waals surface area (Å²) < 4.78 is 9.37. The first-order valence-electron chi connectivity index (χ1n) is 9.13. The summed E-state index contributed by atoms with van der Waals surface area (Å²) in [5.41, 5.74) is 1.12. The van der Waals surface area contributed by atoms with E-state index in [1.165, 1.54) is 32.4 Å². The molecule has 9 heteroatoms. The lowest BCUT2D eigenvalue weighted by atomic mass is 10.1. The number of benzene rings is 2. The Kier molecular flexibility index (Phi) is 8.16.